The second-order valence-electron chi connectivity index (χ2n) is 7.48. The Morgan fingerprint density at radius 3 is 2.44 bits per heavy atom. The average molecular weight is 377 g/mol. The van der Waals surface area contributed by atoms with Gasteiger partial charge in [-0.25, -0.2) is 14.8 Å². The highest BCUT2D eigenvalue weighted by Crippen LogP contribution is 2.12. The van der Waals surface area contributed by atoms with Crippen molar-refractivity contribution in [1.82, 2.24) is 14.8 Å². The largest absolute Gasteiger partial charge is 0.478 e. The molecule has 0 atom stereocenters. The molecule has 2 rings (SSSR count). The van der Waals surface area contributed by atoms with Crippen LogP contribution in [0.15, 0.2) is 23.3 Å². The predicted molar refractivity (Wildman–Crippen MR) is 105 cm³/mol. The summed E-state index contributed by atoms with van der Waals surface area (Å²) in [7, 11) is 0. The third kappa shape index (κ3) is 6.96. The quantitative estimate of drug-likeness (QED) is 0.625. The van der Waals surface area contributed by atoms with Gasteiger partial charge in [0, 0.05) is 38.4 Å². The predicted octanol–water partition coefficient (Wildman–Crippen LogP) is 2.24. The fraction of sp³-hybridized carbons (Fsp3) is 0.632. The van der Waals surface area contributed by atoms with Crippen LogP contribution in [-0.2, 0) is 11.3 Å². The summed E-state index contributed by atoms with van der Waals surface area (Å²) in [5.74, 6) is 1.10. The number of aliphatic imine (C=N–C) groups is 1. The van der Waals surface area contributed by atoms with Crippen LogP contribution in [0, 0.1) is 0 Å². The summed E-state index contributed by atoms with van der Waals surface area (Å²) in [5.41, 5.74) is 6.59. The van der Waals surface area contributed by atoms with E-state index in [0.717, 1.165) is 12.0 Å². The van der Waals surface area contributed by atoms with Crippen molar-refractivity contribution in [3.8, 4) is 5.88 Å². The Hall–Kier alpha value is -2.51. The third-order valence-electron chi connectivity index (χ3n) is 3.93. The van der Waals surface area contributed by atoms with Crippen LogP contribution in [0.3, 0.4) is 0 Å². The van der Waals surface area contributed by atoms with E-state index in [-0.39, 0.29) is 6.09 Å². The molecule has 0 radical (unpaired) electrons. The van der Waals surface area contributed by atoms with E-state index >= 15 is 0 Å². The SMILES string of the molecule is CCCOc1ccc(CN=C(N)N2CCN(C(=O)OC(C)(C)C)CC2)cn1. The van der Waals surface area contributed by atoms with Gasteiger partial charge in [-0.2, -0.15) is 0 Å². The lowest BCUT2D eigenvalue weighted by atomic mass is 10.2. The molecule has 150 valence electrons. The minimum atomic E-state index is -0.486. The molecule has 1 aromatic rings. The molecule has 1 aliphatic rings. The number of carbonyl (C=O) groups is 1. The Morgan fingerprint density at radius 2 is 1.89 bits per heavy atom. The first kappa shape index (κ1) is 20.8. The van der Waals surface area contributed by atoms with E-state index in [2.05, 4.69) is 16.9 Å². The van der Waals surface area contributed by atoms with Crippen LogP contribution in [0.5, 0.6) is 5.88 Å². The van der Waals surface area contributed by atoms with Gasteiger partial charge in [0.05, 0.1) is 13.2 Å². The van der Waals surface area contributed by atoms with Crippen LogP contribution < -0.4 is 10.5 Å². The highest BCUT2D eigenvalue weighted by molar-refractivity contribution is 5.78. The van der Waals surface area contributed by atoms with Crippen LogP contribution in [0.25, 0.3) is 0 Å². The molecular formula is C19H31N5O3. The molecule has 27 heavy (non-hydrogen) atoms. The van der Waals surface area contributed by atoms with Crippen molar-refractivity contribution in [2.75, 3.05) is 32.8 Å². The number of pyridine rings is 1. The zero-order valence-corrected chi connectivity index (χ0v) is 16.8. The molecule has 1 saturated heterocycles. The molecule has 1 aromatic heterocycles. The minimum absolute atomic E-state index is 0.283. The van der Waals surface area contributed by atoms with Gasteiger partial charge in [0.15, 0.2) is 5.96 Å². The molecule has 0 bridgehead atoms. The van der Waals surface area contributed by atoms with E-state index in [1.54, 1.807) is 11.1 Å². The Kier molecular flexibility index (Phi) is 7.27. The number of nitrogens with two attached hydrogens (primary N) is 1. The van der Waals surface area contributed by atoms with Crippen LogP contribution in [-0.4, -0.2) is 65.2 Å². The molecule has 1 amide bonds. The molecule has 0 saturated carbocycles. The molecule has 8 nitrogen and oxygen atoms in total. The van der Waals surface area contributed by atoms with Crippen molar-refractivity contribution >= 4 is 12.1 Å². The molecule has 8 heteroatoms. The van der Waals surface area contributed by atoms with E-state index in [1.807, 2.05) is 37.8 Å². The third-order valence-corrected chi connectivity index (χ3v) is 3.93. The molecule has 0 spiro atoms. The first-order valence-electron chi connectivity index (χ1n) is 9.39. The lowest BCUT2D eigenvalue weighted by Crippen LogP contribution is -2.53. The summed E-state index contributed by atoms with van der Waals surface area (Å²) in [4.78, 5) is 24.5. The van der Waals surface area contributed by atoms with Gasteiger partial charge in [0.1, 0.15) is 5.60 Å². The van der Waals surface area contributed by atoms with Crippen LogP contribution in [0.1, 0.15) is 39.7 Å². The highest BCUT2D eigenvalue weighted by Gasteiger charge is 2.26. The molecule has 2 N–H and O–H groups in total. The number of aromatic nitrogens is 1. The Bertz CT molecular complexity index is 632. The van der Waals surface area contributed by atoms with Gasteiger partial charge < -0.3 is 25.0 Å². The van der Waals surface area contributed by atoms with E-state index in [0.29, 0.717) is 51.2 Å². The highest BCUT2D eigenvalue weighted by atomic mass is 16.6. The number of guanidine groups is 1. The lowest BCUT2D eigenvalue weighted by molar-refractivity contribution is 0.0186. The van der Waals surface area contributed by atoms with Crippen molar-refractivity contribution < 1.29 is 14.3 Å². The zero-order valence-electron chi connectivity index (χ0n) is 16.8. The number of rotatable bonds is 5. The summed E-state index contributed by atoms with van der Waals surface area (Å²) < 4.78 is 10.9. The number of hydrogen-bond acceptors (Lipinski definition) is 5. The summed E-state index contributed by atoms with van der Waals surface area (Å²) in [5, 5.41) is 0. The number of nitrogens with zero attached hydrogens (tertiary/aromatic N) is 4. The molecule has 1 aliphatic heterocycles. The van der Waals surface area contributed by atoms with Crippen molar-refractivity contribution in [2.24, 2.45) is 10.7 Å². The fourth-order valence-corrected chi connectivity index (χ4v) is 2.51. The molecule has 2 heterocycles. The normalized spacial score (nSPS) is 15.6. The van der Waals surface area contributed by atoms with Crippen LogP contribution in [0.2, 0.25) is 0 Å². The van der Waals surface area contributed by atoms with E-state index in [4.69, 9.17) is 15.2 Å². The summed E-state index contributed by atoms with van der Waals surface area (Å²) in [6.07, 6.45) is 2.42. The van der Waals surface area contributed by atoms with E-state index < -0.39 is 5.60 Å². The maximum absolute atomic E-state index is 12.1. The van der Waals surface area contributed by atoms with Gasteiger partial charge >= 0.3 is 6.09 Å². The smallest absolute Gasteiger partial charge is 0.410 e. The summed E-state index contributed by atoms with van der Waals surface area (Å²) in [6, 6.07) is 3.78. The molecule has 0 unspecified atom stereocenters. The van der Waals surface area contributed by atoms with E-state index in [1.165, 1.54) is 0 Å². The zero-order chi connectivity index (χ0) is 19.9. The molecular weight excluding hydrogens is 346 g/mol. The maximum Gasteiger partial charge on any atom is 0.410 e. The second kappa shape index (κ2) is 9.43. The average Bonchev–Trinajstić information content (AvgIpc) is 2.64. The monoisotopic (exact) mass is 377 g/mol. The van der Waals surface area contributed by atoms with Crippen molar-refractivity contribution in [3.05, 3.63) is 23.9 Å². The Labute approximate surface area is 161 Å². The molecule has 0 aliphatic carbocycles. The maximum atomic E-state index is 12.1. The van der Waals surface area contributed by atoms with Gasteiger partial charge in [-0.3, -0.25) is 0 Å². The van der Waals surface area contributed by atoms with E-state index in [9.17, 15) is 4.79 Å². The summed E-state index contributed by atoms with van der Waals surface area (Å²) >= 11 is 0. The van der Waals surface area contributed by atoms with Gasteiger partial charge in [-0.05, 0) is 32.8 Å². The molecule has 1 fully saturated rings. The molecule has 0 aromatic carbocycles. The Balaban J connectivity index is 1.81. The minimum Gasteiger partial charge on any atom is -0.478 e. The first-order chi connectivity index (χ1) is 12.8. The lowest BCUT2D eigenvalue weighted by Gasteiger charge is -2.36. The summed E-state index contributed by atoms with van der Waals surface area (Å²) in [6.45, 7) is 11.2. The van der Waals surface area contributed by atoms with Gasteiger partial charge in [0.25, 0.3) is 0 Å². The number of hydrogen-bond donors (Lipinski definition) is 1. The van der Waals surface area contributed by atoms with Gasteiger partial charge in [0.2, 0.25) is 5.88 Å². The standard InChI is InChI=1S/C19H31N5O3/c1-5-12-26-16-7-6-15(13-21-16)14-22-17(20)23-8-10-24(11-9-23)18(25)27-19(2,3)4/h6-7,13H,5,8-12,14H2,1-4H3,(H2,20,22). The number of carbonyl (C=O) groups excluding carboxylic acids is 1. The van der Waals surface area contributed by atoms with Crippen LogP contribution in [0.4, 0.5) is 4.79 Å². The number of amides is 1. The van der Waals surface area contributed by atoms with Crippen molar-refractivity contribution in [2.45, 2.75) is 46.3 Å². The Morgan fingerprint density at radius 1 is 1.22 bits per heavy atom. The second-order valence-corrected chi connectivity index (χ2v) is 7.48. The van der Waals surface area contributed by atoms with Gasteiger partial charge in [-0.1, -0.05) is 13.0 Å². The van der Waals surface area contributed by atoms with Gasteiger partial charge in [-0.15, -0.1) is 0 Å². The topological polar surface area (TPSA) is 93.3 Å². The van der Waals surface area contributed by atoms with Crippen molar-refractivity contribution in [1.29, 1.82) is 0 Å². The fourth-order valence-electron chi connectivity index (χ4n) is 2.51. The number of piperazine rings is 1. The number of ether oxygens (including phenoxy) is 2. The van der Waals surface area contributed by atoms with Crippen molar-refractivity contribution in [3.63, 3.8) is 0 Å². The van der Waals surface area contributed by atoms with Crippen LogP contribution >= 0.6 is 0 Å². The first-order valence-corrected chi connectivity index (χ1v) is 9.39.